The average molecular weight is 753 g/mol. The summed E-state index contributed by atoms with van der Waals surface area (Å²) in [5.74, 6) is 0.473. The molecule has 9 rings (SSSR count). The highest BCUT2D eigenvalue weighted by atomic mass is 32.2. The summed E-state index contributed by atoms with van der Waals surface area (Å²) in [7, 11) is 0. The Kier molecular flexibility index (Phi) is 8.77. The van der Waals surface area contributed by atoms with Crippen molar-refractivity contribution in [1.82, 2.24) is 4.98 Å². The Labute approximate surface area is 334 Å². The summed E-state index contributed by atoms with van der Waals surface area (Å²) in [6.07, 6.45) is 1.87. The van der Waals surface area contributed by atoms with Crippen LogP contribution in [0.2, 0.25) is 0 Å². The molecule has 0 N–H and O–H groups in total. The van der Waals surface area contributed by atoms with Crippen LogP contribution in [-0.4, -0.2) is 11.7 Å². The van der Waals surface area contributed by atoms with Gasteiger partial charge in [-0.2, -0.15) is 0 Å². The Hall–Kier alpha value is -5.85. The molecule has 0 bridgehead atoms. The second kappa shape index (κ2) is 13.7. The molecule has 0 unspecified atom stereocenters. The second-order valence-electron chi connectivity index (χ2n) is 16.8. The van der Waals surface area contributed by atoms with Crippen LogP contribution in [0.15, 0.2) is 162 Å². The molecule has 56 heavy (non-hydrogen) atoms. The number of benzene rings is 6. The lowest BCUT2D eigenvalue weighted by atomic mass is 9.87. The van der Waals surface area contributed by atoms with Gasteiger partial charge in [0.2, 0.25) is 0 Å². The van der Waals surface area contributed by atoms with Gasteiger partial charge in [-0.05, 0) is 118 Å². The second-order valence-corrected chi connectivity index (χ2v) is 17.9. The van der Waals surface area contributed by atoms with E-state index in [4.69, 9.17) is 4.98 Å². The van der Waals surface area contributed by atoms with Gasteiger partial charge in [0.1, 0.15) is 18.3 Å². The smallest absolute Gasteiger partial charge is 0.137 e. The molecule has 1 aromatic heterocycles. The van der Waals surface area contributed by atoms with Crippen molar-refractivity contribution in [2.45, 2.75) is 62.2 Å². The number of rotatable bonds is 5. The maximum Gasteiger partial charge on any atom is 0.137 e. The molecule has 0 fully saturated rings. The molecule has 4 nitrogen and oxygen atoms in total. The van der Waals surface area contributed by atoms with E-state index < -0.39 is 0 Å². The van der Waals surface area contributed by atoms with Crippen molar-refractivity contribution in [3.8, 4) is 22.3 Å². The number of halogens is 1. The van der Waals surface area contributed by atoms with Crippen molar-refractivity contribution in [3.63, 3.8) is 0 Å². The van der Waals surface area contributed by atoms with Crippen molar-refractivity contribution in [3.05, 3.63) is 169 Å². The molecule has 7 aromatic rings. The maximum absolute atomic E-state index is 15.3. The molecule has 6 heteroatoms. The first-order valence-electron chi connectivity index (χ1n) is 19.2. The van der Waals surface area contributed by atoms with Crippen LogP contribution in [0.3, 0.4) is 0 Å². The normalized spacial score (nSPS) is 13.5. The Morgan fingerprint density at radius 3 is 1.79 bits per heavy atom. The SMILES string of the molecule is CC(C)(C)c1ccc(N2CN(c3cccc(Sc4ccc5c(c4)N(c4cc(C(C)(C)C)ccn4)c4cc(F)ccc4-c4ccccc4-5)c3)c3ccccc32)cc1. The minimum atomic E-state index is -0.284. The quantitative estimate of drug-likeness (QED) is 0.174. The zero-order chi connectivity index (χ0) is 38.8. The van der Waals surface area contributed by atoms with Crippen LogP contribution in [0.5, 0.6) is 0 Å². The first-order chi connectivity index (χ1) is 26.9. The van der Waals surface area contributed by atoms with E-state index in [1.165, 1.54) is 22.6 Å². The van der Waals surface area contributed by atoms with Gasteiger partial charge in [-0.15, -0.1) is 0 Å². The van der Waals surface area contributed by atoms with Crippen LogP contribution in [-0.2, 0) is 10.8 Å². The van der Waals surface area contributed by atoms with E-state index in [0.717, 1.165) is 60.5 Å². The zero-order valence-electron chi connectivity index (χ0n) is 32.7. The standard InChI is InChI=1S/C50H45FN4S/c1-49(2,3)33-18-21-36(22-19-33)53-32-54(45-17-10-9-16-44(45)53)37-12-11-13-38(30-37)56-39-23-25-43-41-15-8-7-14-40(41)42-24-20-35(51)29-46(42)55(47(43)31-39)48-28-34(26-27-52-48)50(4,5)6/h7-31H,32H2,1-6H3. The molecular weight excluding hydrogens is 708 g/mol. The van der Waals surface area contributed by atoms with Crippen molar-refractivity contribution in [2.75, 3.05) is 21.4 Å². The third-order valence-corrected chi connectivity index (χ3v) is 11.9. The molecule has 2 aliphatic heterocycles. The predicted molar refractivity (Wildman–Crippen MR) is 233 cm³/mol. The summed E-state index contributed by atoms with van der Waals surface area (Å²) < 4.78 is 15.3. The first-order valence-corrected chi connectivity index (χ1v) is 20.1. The number of pyridine rings is 1. The molecule has 0 saturated heterocycles. The van der Waals surface area contributed by atoms with Crippen molar-refractivity contribution in [2.24, 2.45) is 0 Å². The first kappa shape index (κ1) is 35.8. The van der Waals surface area contributed by atoms with Crippen LogP contribution in [0.1, 0.15) is 52.7 Å². The van der Waals surface area contributed by atoms with Gasteiger partial charge in [0.15, 0.2) is 0 Å². The topological polar surface area (TPSA) is 22.6 Å². The summed E-state index contributed by atoms with van der Waals surface area (Å²) in [6, 6.07) is 50.8. The fraction of sp³-hybridized carbons (Fsp3) is 0.180. The number of aromatic nitrogens is 1. The molecule has 2 aliphatic rings. The van der Waals surface area contributed by atoms with Gasteiger partial charge in [0.05, 0.1) is 22.7 Å². The Balaban J connectivity index is 1.10. The fourth-order valence-corrected chi connectivity index (χ4v) is 8.80. The third-order valence-electron chi connectivity index (χ3n) is 10.9. The number of hydrogen-bond acceptors (Lipinski definition) is 5. The number of fused-ring (bicyclic) bond motifs is 6. The average Bonchev–Trinajstić information content (AvgIpc) is 3.53. The Morgan fingerprint density at radius 1 is 0.500 bits per heavy atom. The molecule has 278 valence electrons. The lowest BCUT2D eigenvalue weighted by Crippen LogP contribution is -2.24. The van der Waals surface area contributed by atoms with Crippen LogP contribution in [0, 0.1) is 5.82 Å². The summed E-state index contributed by atoms with van der Waals surface area (Å²) >= 11 is 1.73. The van der Waals surface area contributed by atoms with E-state index in [9.17, 15) is 0 Å². The maximum atomic E-state index is 15.3. The predicted octanol–water partition coefficient (Wildman–Crippen LogP) is 14.3. The molecule has 0 amide bonds. The van der Waals surface area contributed by atoms with E-state index in [2.05, 4.69) is 184 Å². The van der Waals surface area contributed by atoms with E-state index in [-0.39, 0.29) is 16.6 Å². The molecule has 0 spiro atoms. The van der Waals surface area contributed by atoms with Crippen LogP contribution in [0.25, 0.3) is 22.3 Å². The van der Waals surface area contributed by atoms with Crippen LogP contribution < -0.4 is 14.7 Å². The lowest BCUT2D eigenvalue weighted by Gasteiger charge is -2.28. The van der Waals surface area contributed by atoms with Crippen molar-refractivity contribution >= 4 is 51.7 Å². The van der Waals surface area contributed by atoms with Crippen molar-refractivity contribution in [1.29, 1.82) is 0 Å². The number of hydrogen-bond donors (Lipinski definition) is 0. The largest absolute Gasteiger partial charge is 0.321 e. The highest BCUT2D eigenvalue weighted by Gasteiger charge is 2.30. The van der Waals surface area contributed by atoms with Gasteiger partial charge in [-0.3, -0.25) is 4.90 Å². The van der Waals surface area contributed by atoms with Gasteiger partial charge < -0.3 is 9.80 Å². The minimum absolute atomic E-state index is 0.0907. The Bertz CT molecular complexity index is 2600. The molecule has 6 aromatic carbocycles. The zero-order valence-corrected chi connectivity index (χ0v) is 33.5. The summed E-state index contributed by atoms with van der Waals surface area (Å²) in [5, 5.41) is 0. The monoisotopic (exact) mass is 752 g/mol. The number of para-hydroxylation sites is 2. The molecule has 0 atom stereocenters. The number of nitrogens with zero attached hydrogens (tertiary/aromatic N) is 4. The lowest BCUT2D eigenvalue weighted by molar-refractivity contribution is 0.589. The van der Waals surface area contributed by atoms with E-state index >= 15 is 4.39 Å². The third kappa shape index (κ3) is 6.52. The molecule has 0 aliphatic carbocycles. The van der Waals surface area contributed by atoms with E-state index in [1.54, 1.807) is 23.9 Å². The minimum Gasteiger partial charge on any atom is -0.321 e. The summed E-state index contributed by atoms with van der Waals surface area (Å²) in [4.78, 5) is 14.1. The van der Waals surface area contributed by atoms with Crippen molar-refractivity contribution < 1.29 is 4.39 Å². The fourth-order valence-electron chi connectivity index (χ4n) is 7.89. The van der Waals surface area contributed by atoms with Gasteiger partial charge in [0.25, 0.3) is 0 Å². The molecule has 0 radical (unpaired) electrons. The molecule has 0 saturated carbocycles. The van der Waals surface area contributed by atoms with E-state index in [1.807, 2.05) is 12.3 Å². The highest BCUT2D eigenvalue weighted by Crippen LogP contribution is 2.52. The van der Waals surface area contributed by atoms with Crippen LogP contribution in [0.4, 0.5) is 44.3 Å². The molecule has 3 heterocycles. The Morgan fingerprint density at radius 2 is 1.11 bits per heavy atom. The number of anilines is 7. The summed E-state index contributed by atoms with van der Waals surface area (Å²) in [5.41, 5.74) is 13.1. The van der Waals surface area contributed by atoms with Gasteiger partial charge >= 0.3 is 0 Å². The van der Waals surface area contributed by atoms with Gasteiger partial charge in [0, 0.05) is 38.5 Å². The molecular formula is C50H45FN4S. The highest BCUT2D eigenvalue weighted by molar-refractivity contribution is 7.99. The van der Waals surface area contributed by atoms with Gasteiger partial charge in [-0.25, -0.2) is 9.37 Å². The van der Waals surface area contributed by atoms with E-state index in [0.29, 0.717) is 6.67 Å². The van der Waals surface area contributed by atoms with Gasteiger partial charge in [-0.1, -0.05) is 114 Å². The summed E-state index contributed by atoms with van der Waals surface area (Å²) in [6.45, 7) is 14.1. The van der Waals surface area contributed by atoms with Crippen LogP contribution >= 0.6 is 11.8 Å².